The maximum absolute atomic E-state index is 12.2. The molecule has 0 bridgehead atoms. The summed E-state index contributed by atoms with van der Waals surface area (Å²) in [5.74, 6) is -0.317. The number of esters is 1. The van der Waals surface area contributed by atoms with E-state index in [2.05, 4.69) is 49.3 Å². The van der Waals surface area contributed by atoms with Gasteiger partial charge in [-0.05, 0) is 34.8 Å². The van der Waals surface area contributed by atoms with E-state index >= 15 is 0 Å². The number of ether oxygens (including phenoxy) is 3. The van der Waals surface area contributed by atoms with Gasteiger partial charge in [0.15, 0.2) is 0 Å². The molecule has 44 heavy (non-hydrogen) atoms. The molecule has 0 saturated carbocycles. The smallest absolute Gasteiger partial charge is 0.410 e. The summed E-state index contributed by atoms with van der Waals surface area (Å²) < 4.78 is 15.2. The molecule has 3 rings (SSSR count). The lowest BCUT2D eigenvalue weighted by atomic mass is 9.88. The van der Waals surface area contributed by atoms with Crippen LogP contribution < -0.4 is 10.6 Å². The molecule has 0 spiro atoms. The van der Waals surface area contributed by atoms with Crippen LogP contribution in [-0.4, -0.2) is 75.2 Å². The number of methoxy groups -OCH3 is 2. The molecule has 1 saturated heterocycles. The molecule has 3 atom stereocenters. The van der Waals surface area contributed by atoms with Crippen molar-refractivity contribution < 1.29 is 33.4 Å². The molecule has 2 amide bonds. The Morgan fingerprint density at radius 2 is 1.64 bits per heavy atom. The van der Waals surface area contributed by atoms with Crippen LogP contribution in [0.4, 0.5) is 4.79 Å². The van der Waals surface area contributed by atoms with Crippen LogP contribution in [0.3, 0.4) is 0 Å². The van der Waals surface area contributed by atoms with E-state index in [0.717, 1.165) is 36.9 Å². The molecule has 2 heterocycles. The highest BCUT2D eigenvalue weighted by Crippen LogP contribution is 2.24. The van der Waals surface area contributed by atoms with E-state index in [1.165, 1.54) is 7.11 Å². The van der Waals surface area contributed by atoms with E-state index in [0.29, 0.717) is 32.5 Å². The maximum Gasteiger partial charge on any atom is 0.410 e. The molecule has 0 aliphatic carbocycles. The van der Waals surface area contributed by atoms with Crippen molar-refractivity contribution in [1.82, 2.24) is 15.5 Å². The minimum absolute atomic E-state index is 0.192. The van der Waals surface area contributed by atoms with Gasteiger partial charge in [0.2, 0.25) is 6.41 Å². The molecule has 2 aliphatic heterocycles. The van der Waals surface area contributed by atoms with Crippen LogP contribution in [0.15, 0.2) is 49.6 Å². The van der Waals surface area contributed by atoms with Crippen LogP contribution in [0.1, 0.15) is 71.9 Å². The Hall–Kier alpha value is -3.50. The van der Waals surface area contributed by atoms with Crippen LogP contribution in [0.2, 0.25) is 0 Å². The number of carbonyl (C=O) groups is 4. The van der Waals surface area contributed by atoms with Gasteiger partial charge in [-0.1, -0.05) is 78.0 Å². The molecule has 248 valence electrons. The molecule has 1 aromatic rings. The Labute approximate surface area is 264 Å². The molecule has 1 unspecified atom stereocenters. The molecule has 0 aromatic heterocycles. The average Bonchev–Trinajstić information content (AvgIpc) is 3.63. The van der Waals surface area contributed by atoms with Crippen molar-refractivity contribution in [3.05, 3.63) is 60.7 Å². The number of hydrogen-bond donors (Lipinski definition) is 2. The standard InChI is InChI=1S/C15H18N2O4.C8H16O.C7H13NO2.C4H8/c1-20-14(18)13-6-12(7-16-13)21-15(19)17-8-10-4-2-3-5-11(10)9-17;1-5-6-8(2,3)7-9-4;1-7(2,3)6(4-9)8-5-10;1-3-4-2/h2-5,12-13,16H,6-9H2,1H3;5H,1,6-7H2,2-4H3;4-6H,1-3H3,(H,8,10);3H,1,4H2,2H3/t12-,13?;;6-;/m1.1./s1. The predicted octanol–water partition coefficient (Wildman–Crippen LogP) is 5.21. The predicted molar refractivity (Wildman–Crippen MR) is 174 cm³/mol. The third-order valence-corrected chi connectivity index (χ3v) is 6.78. The summed E-state index contributed by atoms with van der Waals surface area (Å²) in [5, 5.41) is 5.42. The lowest BCUT2D eigenvalue weighted by Gasteiger charge is -2.24. The number of benzene rings is 1. The quantitative estimate of drug-likeness (QED) is 0.209. The number of nitrogens with zero attached hydrogens (tertiary/aromatic N) is 1. The van der Waals surface area contributed by atoms with Gasteiger partial charge in [0.05, 0.1) is 19.8 Å². The first kappa shape index (κ1) is 40.5. The van der Waals surface area contributed by atoms with Gasteiger partial charge in [-0.2, -0.15) is 0 Å². The van der Waals surface area contributed by atoms with Gasteiger partial charge < -0.3 is 29.6 Å². The van der Waals surface area contributed by atoms with Crippen LogP contribution in [0.5, 0.6) is 0 Å². The summed E-state index contributed by atoms with van der Waals surface area (Å²) in [5.41, 5.74) is 2.39. The van der Waals surface area contributed by atoms with Crippen molar-refractivity contribution in [1.29, 1.82) is 0 Å². The number of carbonyl (C=O) groups excluding carboxylic acids is 4. The largest absolute Gasteiger partial charge is 0.468 e. The van der Waals surface area contributed by atoms with Crippen molar-refractivity contribution in [3.8, 4) is 0 Å². The van der Waals surface area contributed by atoms with Crippen molar-refractivity contribution in [3.63, 3.8) is 0 Å². The van der Waals surface area contributed by atoms with Crippen LogP contribution in [0.25, 0.3) is 0 Å². The molecule has 2 N–H and O–H groups in total. The summed E-state index contributed by atoms with van der Waals surface area (Å²) in [6.07, 6.45) is 7.03. The van der Waals surface area contributed by atoms with E-state index < -0.39 is 0 Å². The molecule has 10 heteroatoms. The van der Waals surface area contributed by atoms with Gasteiger partial charge >= 0.3 is 12.1 Å². The first-order valence-electron chi connectivity index (χ1n) is 14.9. The van der Waals surface area contributed by atoms with E-state index in [9.17, 15) is 19.2 Å². The van der Waals surface area contributed by atoms with Gasteiger partial charge in [-0.15, -0.1) is 13.2 Å². The number of fused-ring (bicyclic) bond motifs is 1. The zero-order valence-electron chi connectivity index (χ0n) is 28.0. The lowest BCUT2D eigenvalue weighted by molar-refractivity contribution is -0.142. The minimum atomic E-state index is -0.386. The number of amides is 2. The normalized spacial score (nSPS) is 17.4. The van der Waals surface area contributed by atoms with Crippen molar-refractivity contribution in [2.45, 2.75) is 92.1 Å². The van der Waals surface area contributed by atoms with Gasteiger partial charge in [-0.25, -0.2) is 4.79 Å². The first-order valence-corrected chi connectivity index (χ1v) is 14.9. The molecule has 0 radical (unpaired) electrons. The number of allylic oxidation sites excluding steroid dienone is 2. The Morgan fingerprint density at radius 1 is 1.07 bits per heavy atom. The second-order valence-corrected chi connectivity index (χ2v) is 12.4. The third kappa shape index (κ3) is 15.8. The van der Waals surface area contributed by atoms with E-state index in [1.807, 2.05) is 57.2 Å². The van der Waals surface area contributed by atoms with Crippen molar-refractivity contribution >= 4 is 24.8 Å². The SMILES string of the molecule is C=CCC.C=CCC(C)(C)COC.CC(C)(C)[C@@H](C=O)NC=O.COC(=O)C1C[C@@H](OC(=O)N2Cc3ccccc3C2)CN1. The molecular formula is C34H55N3O7. The third-order valence-electron chi connectivity index (χ3n) is 6.78. The molecule has 10 nitrogen and oxygen atoms in total. The highest BCUT2D eigenvalue weighted by atomic mass is 16.6. The molecule has 2 aliphatic rings. The Balaban J connectivity index is 0.000000674. The zero-order chi connectivity index (χ0) is 33.8. The Bertz CT molecular complexity index is 1010. The summed E-state index contributed by atoms with van der Waals surface area (Å²) in [6.45, 7) is 21.7. The Morgan fingerprint density at radius 3 is 2.02 bits per heavy atom. The van der Waals surface area contributed by atoms with Crippen LogP contribution in [-0.2, 0) is 41.7 Å². The summed E-state index contributed by atoms with van der Waals surface area (Å²) in [6, 6.07) is 7.21. The molecule has 1 aromatic carbocycles. The van der Waals surface area contributed by atoms with E-state index in [1.54, 1.807) is 12.0 Å². The first-order chi connectivity index (χ1) is 20.7. The van der Waals surface area contributed by atoms with Gasteiger partial charge in [0, 0.05) is 33.2 Å². The van der Waals surface area contributed by atoms with Gasteiger partial charge in [0.25, 0.3) is 0 Å². The monoisotopic (exact) mass is 617 g/mol. The fourth-order valence-corrected chi connectivity index (χ4v) is 4.20. The summed E-state index contributed by atoms with van der Waals surface area (Å²) in [4.78, 5) is 45.5. The highest BCUT2D eigenvalue weighted by Gasteiger charge is 2.34. The highest BCUT2D eigenvalue weighted by molar-refractivity contribution is 5.76. The number of hydrogen-bond acceptors (Lipinski definition) is 8. The molecule has 1 fully saturated rings. The second-order valence-electron chi connectivity index (χ2n) is 12.4. The maximum atomic E-state index is 12.2. The Kier molecular flexibility index (Phi) is 19.6. The van der Waals surface area contributed by atoms with Gasteiger partial charge in [0.1, 0.15) is 18.4 Å². The lowest BCUT2D eigenvalue weighted by Crippen LogP contribution is -2.40. The topological polar surface area (TPSA) is 123 Å². The summed E-state index contributed by atoms with van der Waals surface area (Å²) in [7, 11) is 3.08. The van der Waals surface area contributed by atoms with E-state index in [-0.39, 0.29) is 41.1 Å². The summed E-state index contributed by atoms with van der Waals surface area (Å²) >= 11 is 0. The van der Waals surface area contributed by atoms with Crippen LogP contribution in [0, 0.1) is 10.8 Å². The number of rotatable bonds is 10. The average molecular weight is 618 g/mol. The van der Waals surface area contributed by atoms with Crippen molar-refractivity contribution in [2.24, 2.45) is 10.8 Å². The van der Waals surface area contributed by atoms with E-state index in [4.69, 9.17) is 9.47 Å². The minimum Gasteiger partial charge on any atom is -0.468 e. The molecular weight excluding hydrogens is 562 g/mol. The zero-order valence-corrected chi connectivity index (χ0v) is 28.0. The fourth-order valence-electron chi connectivity index (χ4n) is 4.20. The van der Waals surface area contributed by atoms with Crippen molar-refractivity contribution in [2.75, 3.05) is 27.4 Å². The van der Waals surface area contributed by atoms with Gasteiger partial charge in [-0.3, -0.25) is 14.5 Å². The second kappa shape index (κ2) is 21.2. The number of aldehydes is 1. The van der Waals surface area contributed by atoms with Crippen LogP contribution >= 0.6 is 0 Å². The fraction of sp³-hybridized carbons (Fsp3) is 0.588. The number of nitrogens with one attached hydrogen (secondary N) is 2.